The van der Waals surface area contributed by atoms with E-state index in [4.69, 9.17) is 5.11 Å². The van der Waals surface area contributed by atoms with Crippen molar-refractivity contribution < 1.29 is 23.1 Å². The van der Waals surface area contributed by atoms with Crippen LogP contribution in [0, 0.1) is 6.92 Å². The molecule has 1 N–H and O–H groups in total. The number of aromatic nitrogens is 2. The Labute approximate surface area is 102 Å². The molecule has 0 aliphatic rings. The van der Waals surface area contributed by atoms with Gasteiger partial charge in [0.25, 0.3) is 5.91 Å². The van der Waals surface area contributed by atoms with Gasteiger partial charge in [-0.2, -0.15) is 18.3 Å². The number of halogens is 3. The standard InChI is InChI=1S/C10H14F3N3O2/c1-7-5-8(14-15(7)2)9(18)16(3-4-17)6-10(11,12)13/h5,17H,3-4,6H2,1-2H3. The molecule has 102 valence electrons. The summed E-state index contributed by atoms with van der Waals surface area (Å²) in [4.78, 5) is 12.3. The first kappa shape index (κ1) is 14.5. The number of rotatable bonds is 4. The highest BCUT2D eigenvalue weighted by Crippen LogP contribution is 2.17. The van der Waals surface area contributed by atoms with Crippen LogP contribution in [-0.4, -0.2) is 51.6 Å². The third kappa shape index (κ3) is 3.73. The van der Waals surface area contributed by atoms with Gasteiger partial charge in [-0.25, -0.2) is 0 Å². The molecule has 0 unspecified atom stereocenters. The van der Waals surface area contributed by atoms with E-state index in [0.29, 0.717) is 10.6 Å². The molecule has 0 spiro atoms. The summed E-state index contributed by atoms with van der Waals surface area (Å²) < 4.78 is 38.3. The van der Waals surface area contributed by atoms with Gasteiger partial charge in [-0.3, -0.25) is 9.48 Å². The second kappa shape index (κ2) is 5.38. The Morgan fingerprint density at radius 2 is 2.17 bits per heavy atom. The van der Waals surface area contributed by atoms with E-state index in [1.807, 2.05) is 0 Å². The Bertz CT molecular complexity index is 409. The molecule has 1 aromatic heterocycles. The van der Waals surface area contributed by atoms with Crippen molar-refractivity contribution in [3.8, 4) is 0 Å². The SMILES string of the molecule is Cc1cc(C(=O)N(CCO)CC(F)(F)F)nn1C. The molecule has 0 fully saturated rings. The summed E-state index contributed by atoms with van der Waals surface area (Å²) in [5.41, 5.74) is 0.599. The molecule has 0 aliphatic heterocycles. The van der Waals surface area contributed by atoms with Crippen LogP contribution in [0.1, 0.15) is 16.2 Å². The number of hydrogen-bond donors (Lipinski definition) is 1. The third-order valence-electron chi connectivity index (χ3n) is 2.36. The molecular formula is C10H14F3N3O2. The van der Waals surface area contributed by atoms with E-state index >= 15 is 0 Å². The Morgan fingerprint density at radius 1 is 1.56 bits per heavy atom. The van der Waals surface area contributed by atoms with Gasteiger partial charge in [0.05, 0.1) is 6.61 Å². The molecule has 0 aliphatic carbocycles. The Kier molecular flexibility index (Phi) is 4.33. The van der Waals surface area contributed by atoms with E-state index in [9.17, 15) is 18.0 Å². The van der Waals surface area contributed by atoms with Gasteiger partial charge in [-0.15, -0.1) is 0 Å². The first-order valence-electron chi connectivity index (χ1n) is 5.22. The summed E-state index contributed by atoms with van der Waals surface area (Å²) in [6.45, 7) is -0.631. The third-order valence-corrected chi connectivity index (χ3v) is 2.36. The number of amides is 1. The lowest BCUT2D eigenvalue weighted by Crippen LogP contribution is -2.40. The van der Waals surface area contributed by atoms with Crippen LogP contribution in [0.25, 0.3) is 0 Å². The number of hydrogen-bond acceptors (Lipinski definition) is 3. The molecular weight excluding hydrogens is 251 g/mol. The zero-order valence-corrected chi connectivity index (χ0v) is 10.0. The molecule has 18 heavy (non-hydrogen) atoms. The van der Waals surface area contributed by atoms with E-state index in [1.165, 1.54) is 10.7 Å². The maximum Gasteiger partial charge on any atom is 0.406 e. The zero-order valence-electron chi connectivity index (χ0n) is 10.0. The average Bonchev–Trinajstić information content (AvgIpc) is 2.56. The first-order chi connectivity index (χ1) is 8.24. The van der Waals surface area contributed by atoms with E-state index in [1.54, 1.807) is 14.0 Å². The van der Waals surface area contributed by atoms with Crippen molar-refractivity contribution in [2.24, 2.45) is 7.05 Å². The van der Waals surface area contributed by atoms with E-state index < -0.39 is 25.2 Å². The van der Waals surface area contributed by atoms with Gasteiger partial charge in [-0.05, 0) is 13.0 Å². The lowest BCUT2D eigenvalue weighted by atomic mass is 10.3. The van der Waals surface area contributed by atoms with E-state index in [2.05, 4.69) is 5.10 Å². The van der Waals surface area contributed by atoms with Gasteiger partial charge in [0.1, 0.15) is 6.54 Å². The number of aliphatic hydroxyl groups excluding tert-OH is 1. The average molecular weight is 265 g/mol. The highest BCUT2D eigenvalue weighted by atomic mass is 19.4. The summed E-state index contributed by atoms with van der Waals surface area (Å²) in [5, 5.41) is 12.5. The minimum atomic E-state index is -4.51. The molecule has 5 nitrogen and oxygen atoms in total. The Morgan fingerprint density at radius 3 is 2.56 bits per heavy atom. The van der Waals surface area contributed by atoms with E-state index in [-0.39, 0.29) is 12.2 Å². The molecule has 1 rings (SSSR count). The number of nitrogens with zero attached hydrogens (tertiary/aromatic N) is 3. The molecule has 0 saturated carbocycles. The summed E-state index contributed by atoms with van der Waals surface area (Å²) in [5.74, 6) is -0.843. The zero-order chi connectivity index (χ0) is 13.9. The van der Waals surface area contributed by atoms with Crippen LogP contribution in [0.3, 0.4) is 0 Å². The monoisotopic (exact) mass is 265 g/mol. The lowest BCUT2D eigenvalue weighted by molar-refractivity contribution is -0.141. The Balaban J connectivity index is 2.88. The second-order valence-electron chi connectivity index (χ2n) is 3.86. The summed E-state index contributed by atoms with van der Waals surface area (Å²) in [6, 6.07) is 1.41. The Hall–Kier alpha value is -1.57. The van der Waals surface area contributed by atoms with Gasteiger partial charge in [0.15, 0.2) is 5.69 Å². The molecule has 1 aromatic rings. The van der Waals surface area contributed by atoms with Gasteiger partial charge < -0.3 is 10.0 Å². The van der Waals surface area contributed by atoms with Crippen molar-refractivity contribution in [2.75, 3.05) is 19.7 Å². The van der Waals surface area contributed by atoms with Gasteiger partial charge in [0, 0.05) is 19.3 Å². The number of aliphatic hydroxyl groups is 1. The van der Waals surface area contributed by atoms with Crippen molar-refractivity contribution in [1.29, 1.82) is 0 Å². The van der Waals surface area contributed by atoms with Crippen LogP contribution >= 0.6 is 0 Å². The van der Waals surface area contributed by atoms with Gasteiger partial charge >= 0.3 is 6.18 Å². The minimum Gasteiger partial charge on any atom is -0.395 e. The van der Waals surface area contributed by atoms with Crippen LogP contribution < -0.4 is 0 Å². The molecule has 8 heteroatoms. The van der Waals surface area contributed by atoms with Crippen LogP contribution in [-0.2, 0) is 7.05 Å². The molecule has 1 amide bonds. The smallest absolute Gasteiger partial charge is 0.395 e. The number of carbonyl (C=O) groups is 1. The fourth-order valence-electron chi connectivity index (χ4n) is 1.42. The van der Waals surface area contributed by atoms with Crippen LogP contribution in [0.5, 0.6) is 0 Å². The fourth-order valence-corrected chi connectivity index (χ4v) is 1.42. The highest BCUT2D eigenvalue weighted by molar-refractivity contribution is 5.92. The van der Waals surface area contributed by atoms with Crippen molar-refractivity contribution in [3.05, 3.63) is 17.5 Å². The molecule has 0 bridgehead atoms. The maximum absolute atomic E-state index is 12.3. The summed E-state index contributed by atoms with van der Waals surface area (Å²) in [7, 11) is 1.59. The van der Waals surface area contributed by atoms with Crippen LogP contribution in [0.2, 0.25) is 0 Å². The highest BCUT2D eigenvalue weighted by Gasteiger charge is 2.33. The first-order valence-corrected chi connectivity index (χ1v) is 5.22. The topological polar surface area (TPSA) is 58.4 Å². The fraction of sp³-hybridized carbons (Fsp3) is 0.600. The van der Waals surface area contributed by atoms with Crippen molar-refractivity contribution in [3.63, 3.8) is 0 Å². The molecule has 0 atom stereocenters. The predicted molar refractivity (Wildman–Crippen MR) is 57.0 cm³/mol. The van der Waals surface area contributed by atoms with E-state index in [0.717, 1.165) is 0 Å². The quantitative estimate of drug-likeness (QED) is 0.873. The number of carbonyl (C=O) groups excluding carboxylic acids is 1. The van der Waals surface area contributed by atoms with Gasteiger partial charge in [-0.1, -0.05) is 0 Å². The summed E-state index contributed by atoms with van der Waals surface area (Å²) in [6.07, 6.45) is -4.51. The number of aryl methyl sites for hydroxylation is 2. The number of alkyl halides is 3. The summed E-state index contributed by atoms with van der Waals surface area (Å²) >= 11 is 0. The second-order valence-corrected chi connectivity index (χ2v) is 3.86. The van der Waals surface area contributed by atoms with Crippen LogP contribution in [0.15, 0.2) is 6.07 Å². The minimum absolute atomic E-state index is 0.0623. The van der Waals surface area contributed by atoms with Gasteiger partial charge in [0.2, 0.25) is 0 Å². The predicted octanol–water partition coefficient (Wildman–Crippen LogP) is 0.725. The molecule has 0 radical (unpaired) electrons. The van der Waals surface area contributed by atoms with Crippen molar-refractivity contribution in [2.45, 2.75) is 13.1 Å². The normalized spacial score (nSPS) is 11.7. The van der Waals surface area contributed by atoms with Crippen LogP contribution in [0.4, 0.5) is 13.2 Å². The molecule has 0 aromatic carbocycles. The molecule has 1 heterocycles. The maximum atomic E-state index is 12.3. The molecule has 0 saturated heterocycles. The van der Waals surface area contributed by atoms with Crippen molar-refractivity contribution in [1.82, 2.24) is 14.7 Å². The lowest BCUT2D eigenvalue weighted by Gasteiger charge is -2.21. The van der Waals surface area contributed by atoms with Crippen molar-refractivity contribution >= 4 is 5.91 Å². The largest absolute Gasteiger partial charge is 0.406 e.